The van der Waals surface area contributed by atoms with Gasteiger partial charge in [-0.2, -0.15) is 4.31 Å². The van der Waals surface area contributed by atoms with E-state index in [9.17, 15) is 18.0 Å². The van der Waals surface area contributed by atoms with Crippen molar-refractivity contribution >= 4 is 21.9 Å². The van der Waals surface area contributed by atoms with Crippen LogP contribution in [0.1, 0.15) is 68.3 Å². The number of hydrogen-bond donors (Lipinski definition) is 0. The molecule has 0 aromatic heterocycles. The molecule has 1 aromatic rings. The molecular weight excluding hydrogens is 404 g/mol. The average molecular weight is 437 g/mol. The SMILES string of the molecule is Cc1ccc(C(=O)OCC(=O)N2[C@@H](C)CCC[C@@H]2C)cc1S(=O)(=O)N1CCCCC1. The van der Waals surface area contributed by atoms with Gasteiger partial charge in [0.1, 0.15) is 0 Å². The van der Waals surface area contributed by atoms with Gasteiger partial charge in [0, 0.05) is 25.2 Å². The van der Waals surface area contributed by atoms with Crippen LogP contribution in [0.5, 0.6) is 0 Å². The van der Waals surface area contributed by atoms with Gasteiger partial charge in [0.15, 0.2) is 6.61 Å². The highest BCUT2D eigenvalue weighted by atomic mass is 32.2. The first-order chi connectivity index (χ1) is 14.2. The van der Waals surface area contributed by atoms with E-state index in [1.165, 1.54) is 10.4 Å². The van der Waals surface area contributed by atoms with Gasteiger partial charge in [-0.15, -0.1) is 0 Å². The Morgan fingerprint density at radius 2 is 1.67 bits per heavy atom. The zero-order valence-electron chi connectivity index (χ0n) is 18.1. The summed E-state index contributed by atoms with van der Waals surface area (Å²) in [6.45, 7) is 6.39. The van der Waals surface area contributed by atoms with Crippen LogP contribution in [0.25, 0.3) is 0 Å². The Kier molecular flexibility index (Phi) is 7.18. The van der Waals surface area contributed by atoms with Crippen molar-refractivity contribution in [3.8, 4) is 0 Å². The molecule has 2 aliphatic heterocycles. The summed E-state index contributed by atoms with van der Waals surface area (Å²) in [6, 6.07) is 4.78. The summed E-state index contributed by atoms with van der Waals surface area (Å²) in [4.78, 5) is 27.1. The molecule has 0 N–H and O–H groups in total. The fourth-order valence-corrected chi connectivity index (χ4v) is 6.22. The number of aryl methyl sites for hydroxylation is 1. The summed E-state index contributed by atoms with van der Waals surface area (Å²) in [5.74, 6) is -0.896. The number of nitrogens with zero attached hydrogens (tertiary/aromatic N) is 2. The van der Waals surface area contributed by atoms with Gasteiger partial charge in [-0.25, -0.2) is 13.2 Å². The molecule has 3 rings (SSSR count). The van der Waals surface area contributed by atoms with E-state index < -0.39 is 16.0 Å². The zero-order valence-corrected chi connectivity index (χ0v) is 18.9. The Morgan fingerprint density at radius 1 is 1.03 bits per heavy atom. The molecule has 0 radical (unpaired) electrons. The van der Waals surface area contributed by atoms with Gasteiger partial charge < -0.3 is 9.64 Å². The second-order valence-corrected chi connectivity index (χ2v) is 10.4. The maximum atomic E-state index is 13.0. The van der Waals surface area contributed by atoms with Gasteiger partial charge in [-0.1, -0.05) is 12.5 Å². The minimum absolute atomic E-state index is 0.126. The van der Waals surface area contributed by atoms with Crippen molar-refractivity contribution < 1.29 is 22.7 Å². The standard InChI is InChI=1S/C22H32N2O5S/c1-16-10-11-19(14-20(16)30(27,28)23-12-5-4-6-13-23)22(26)29-15-21(25)24-17(2)8-7-9-18(24)3/h10-11,14,17-18H,4-9,12-13,15H2,1-3H3/t17-,18-/m0/s1. The third-order valence-electron chi connectivity index (χ3n) is 6.16. The number of carbonyl (C=O) groups is 2. The lowest BCUT2D eigenvalue weighted by Gasteiger charge is -2.38. The smallest absolute Gasteiger partial charge is 0.338 e. The number of amides is 1. The summed E-state index contributed by atoms with van der Waals surface area (Å²) in [5, 5.41) is 0. The Labute approximate surface area is 179 Å². The van der Waals surface area contributed by atoms with Gasteiger partial charge in [0.2, 0.25) is 10.0 Å². The summed E-state index contributed by atoms with van der Waals surface area (Å²) in [7, 11) is -3.66. The number of piperidine rings is 2. The Bertz CT molecular complexity index is 883. The number of benzene rings is 1. The third-order valence-corrected chi connectivity index (χ3v) is 8.21. The lowest BCUT2D eigenvalue weighted by atomic mass is 9.97. The number of sulfonamides is 1. The fourth-order valence-electron chi connectivity index (χ4n) is 4.45. The van der Waals surface area contributed by atoms with Gasteiger partial charge in [0.25, 0.3) is 5.91 Å². The van der Waals surface area contributed by atoms with Crippen molar-refractivity contribution in [2.45, 2.75) is 76.3 Å². The Balaban J connectivity index is 1.71. The molecule has 2 atom stereocenters. The monoisotopic (exact) mass is 436 g/mol. The predicted molar refractivity (Wildman–Crippen MR) is 114 cm³/mol. The molecule has 7 nitrogen and oxygen atoms in total. The molecule has 1 amide bonds. The van der Waals surface area contributed by atoms with Crippen molar-refractivity contribution in [1.82, 2.24) is 9.21 Å². The molecule has 0 bridgehead atoms. The topological polar surface area (TPSA) is 84.0 Å². The molecule has 30 heavy (non-hydrogen) atoms. The van der Waals surface area contributed by atoms with Crippen LogP contribution in [0.4, 0.5) is 0 Å². The highest BCUT2D eigenvalue weighted by Gasteiger charge is 2.30. The number of hydrogen-bond acceptors (Lipinski definition) is 5. The van der Waals surface area contributed by atoms with E-state index in [4.69, 9.17) is 4.74 Å². The van der Waals surface area contributed by atoms with Crippen LogP contribution in [0, 0.1) is 6.92 Å². The van der Waals surface area contributed by atoms with Gasteiger partial charge in [-0.3, -0.25) is 4.79 Å². The van der Waals surface area contributed by atoms with Gasteiger partial charge in [0.05, 0.1) is 10.5 Å². The molecular formula is C22H32N2O5S. The maximum absolute atomic E-state index is 13.0. The van der Waals surface area contributed by atoms with E-state index in [-0.39, 0.29) is 35.1 Å². The van der Waals surface area contributed by atoms with E-state index in [1.807, 2.05) is 13.8 Å². The van der Waals surface area contributed by atoms with Crippen LogP contribution in [-0.4, -0.2) is 61.3 Å². The Morgan fingerprint density at radius 3 is 2.30 bits per heavy atom. The first-order valence-corrected chi connectivity index (χ1v) is 12.2. The molecule has 166 valence electrons. The highest BCUT2D eigenvalue weighted by molar-refractivity contribution is 7.89. The van der Waals surface area contributed by atoms with Crippen molar-refractivity contribution in [2.24, 2.45) is 0 Å². The first kappa shape index (κ1) is 22.7. The summed E-state index contributed by atoms with van der Waals surface area (Å²) in [5.41, 5.74) is 0.730. The molecule has 1 aromatic carbocycles. The van der Waals surface area contributed by atoms with Crippen LogP contribution >= 0.6 is 0 Å². The molecule has 8 heteroatoms. The summed E-state index contributed by atoms with van der Waals surface area (Å²) < 4.78 is 32.8. The average Bonchev–Trinajstić information content (AvgIpc) is 2.72. The van der Waals surface area contributed by atoms with Crippen molar-refractivity contribution in [2.75, 3.05) is 19.7 Å². The Hall–Kier alpha value is -1.93. The minimum Gasteiger partial charge on any atom is -0.452 e. The molecule has 2 fully saturated rings. The van der Waals surface area contributed by atoms with Crippen LogP contribution in [0.2, 0.25) is 0 Å². The molecule has 0 saturated carbocycles. The summed E-state index contributed by atoms with van der Waals surface area (Å²) >= 11 is 0. The lowest BCUT2D eigenvalue weighted by Crippen LogP contribution is -2.49. The predicted octanol–water partition coefficient (Wildman–Crippen LogP) is 3.12. The van der Waals surface area contributed by atoms with E-state index in [1.54, 1.807) is 24.0 Å². The van der Waals surface area contributed by atoms with Crippen molar-refractivity contribution in [3.63, 3.8) is 0 Å². The normalized spacial score (nSPS) is 23.2. The van der Waals surface area contributed by atoms with E-state index in [2.05, 4.69) is 0 Å². The van der Waals surface area contributed by atoms with E-state index in [0.717, 1.165) is 38.5 Å². The number of likely N-dealkylation sites (tertiary alicyclic amines) is 1. The number of esters is 1. The molecule has 0 aliphatic carbocycles. The largest absolute Gasteiger partial charge is 0.452 e. The molecule has 2 saturated heterocycles. The van der Waals surface area contributed by atoms with Crippen molar-refractivity contribution in [1.29, 1.82) is 0 Å². The second kappa shape index (κ2) is 9.47. The maximum Gasteiger partial charge on any atom is 0.338 e. The van der Waals surface area contributed by atoms with Gasteiger partial charge in [-0.05, 0) is 70.6 Å². The van der Waals surface area contributed by atoms with Crippen LogP contribution in [-0.2, 0) is 19.6 Å². The van der Waals surface area contributed by atoms with Crippen LogP contribution in [0.15, 0.2) is 23.1 Å². The van der Waals surface area contributed by atoms with Crippen LogP contribution in [0.3, 0.4) is 0 Å². The van der Waals surface area contributed by atoms with Crippen molar-refractivity contribution in [3.05, 3.63) is 29.3 Å². The van der Waals surface area contributed by atoms with Crippen LogP contribution < -0.4 is 0 Å². The first-order valence-electron chi connectivity index (χ1n) is 10.8. The second-order valence-electron chi connectivity index (χ2n) is 8.45. The molecule has 2 aliphatic rings. The number of carbonyl (C=O) groups excluding carboxylic acids is 2. The number of ether oxygens (including phenoxy) is 1. The zero-order chi connectivity index (χ0) is 21.9. The molecule has 2 heterocycles. The highest BCUT2D eigenvalue weighted by Crippen LogP contribution is 2.25. The fraction of sp³-hybridized carbons (Fsp3) is 0.636. The van der Waals surface area contributed by atoms with E-state index >= 15 is 0 Å². The quantitative estimate of drug-likeness (QED) is 0.662. The lowest BCUT2D eigenvalue weighted by molar-refractivity contribution is -0.140. The minimum atomic E-state index is -3.66. The number of rotatable bonds is 5. The summed E-state index contributed by atoms with van der Waals surface area (Å²) in [6.07, 6.45) is 5.69. The van der Waals surface area contributed by atoms with Gasteiger partial charge >= 0.3 is 5.97 Å². The molecule has 0 spiro atoms. The third kappa shape index (κ3) is 4.86. The molecule has 0 unspecified atom stereocenters. The van der Waals surface area contributed by atoms with E-state index in [0.29, 0.717) is 18.7 Å².